The van der Waals surface area contributed by atoms with E-state index in [1.807, 2.05) is 24.5 Å². The zero-order valence-corrected chi connectivity index (χ0v) is 18.1. The zero-order valence-electron chi connectivity index (χ0n) is 16.5. The van der Waals surface area contributed by atoms with Crippen molar-refractivity contribution >= 4 is 29.1 Å². The Hall–Kier alpha value is -2.01. The van der Waals surface area contributed by atoms with E-state index in [1.54, 1.807) is 11.8 Å². The molecule has 0 amide bonds. The molecule has 1 saturated heterocycles. The molecule has 0 atom stereocenters. The highest BCUT2D eigenvalue weighted by molar-refractivity contribution is 7.98. The van der Waals surface area contributed by atoms with E-state index in [9.17, 15) is 0 Å². The number of aromatic nitrogens is 1. The van der Waals surface area contributed by atoms with Gasteiger partial charge in [0.25, 0.3) is 0 Å². The number of pyridine rings is 1. The molecular formula is C24H24ClN3S. The van der Waals surface area contributed by atoms with Crippen LogP contribution in [0.25, 0.3) is 11.1 Å². The molecule has 1 aliphatic heterocycles. The predicted octanol–water partition coefficient (Wildman–Crippen LogP) is 5.94. The number of halogens is 1. The Bertz CT molecular complexity index is 999. The van der Waals surface area contributed by atoms with Crippen LogP contribution in [0.2, 0.25) is 5.02 Å². The molecule has 3 nitrogen and oxygen atoms in total. The third-order valence-corrected chi connectivity index (χ3v) is 7.19. The number of anilines is 1. The molecule has 3 aromatic rings. The first-order valence-electron chi connectivity index (χ1n) is 10.00. The molecule has 5 rings (SSSR count). The zero-order chi connectivity index (χ0) is 19.8. The second kappa shape index (κ2) is 7.67. The molecule has 148 valence electrons. The van der Waals surface area contributed by atoms with Crippen molar-refractivity contribution in [3.05, 3.63) is 77.6 Å². The molecule has 0 bridgehead atoms. The molecule has 29 heavy (non-hydrogen) atoms. The fourth-order valence-corrected chi connectivity index (χ4v) is 4.85. The minimum atomic E-state index is 0.332. The lowest BCUT2D eigenvalue weighted by Gasteiger charge is -2.24. The largest absolute Gasteiger partial charge is 0.357 e. The summed E-state index contributed by atoms with van der Waals surface area (Å²) in [6, 6.07) is 19.2. The third kappa shape index (κ3) is 3.77. The van der Waals surface area contributed by atoms with Crippen molar-refractivity contribution in [1.82, 2.24) is 9.88 Å². The average Bonchev–Trinajstić information content (AvgIpc) is 3.45. The van der Waals surface area contributed by atoms with Gasteiger partial charge in [-0.15, -0.1) is 11.8 Å². The topological polar surface area (TPSA) is 19.4 Å². The Morgan fingerprint density at radius 2 is 1.79 bits per heavy atom. The predicted molar refractivity (Wildman–Crippen MR) is 123 cm³/mol. The van der Waals surface area contributed by atoms with E-state index in [0.717, 1.165) is 24.8 Å². The van der Waals surface area contributed by atoms with Gasteiger partial charge in [-0.05, 0) is 72.7 Å². The molecule has 2 aliphatic rings. The molecule has 5 heteroatoms. The standard InChI is InChI=1S/C24H24ClN3S/c1-29-22-8-6-21(7-9-22)27-16-24(11-12-24)28(17-27)15-19-10-13-26-14-23(19)18-2-4-20(25)5-3-18/h2-10,13-14H,11-12,15-17H2,1H3. The Labute approximate surface area is 181 Å². The van der Waals surface area contributed by atoms with E-state index in [0.29, 0.717) is 5.54 Å². The summed E-state index contributed by atoms with van der Waals surface area (Å²) in [6.07, 6.45) is 8.58. The van der Waals surface area contributed by atoms with Crippen molar-refractivity contribution in [2.45, 2.75) is 29.8 Å². The summed E-state index contributed by atoms with van der Waals surface area (Å²) in [7, 11) is 0. The quantitative estimate of drug-likeness (QED) is 0.475. The smallest absolute Gasteiger partial charge is 0.0716 e. The monoisotopic (exact) mass is 421 g/mol. The second-order valence-electron chi connectivity index (χ2n) is 8.00. The van der Waals surface area contributed by atoms with Crippen molar-refractivity contribution in [1.29, 1.82) is 0 Å². The SMILES string of the molecule is CSc1ccc(N2CN(Cc3ccncc3-c3ccc(Cl)cc3)C3(CC3)C2)cc1. The number of thioether (sulfide) groups is 1. The van der Waals surface area contributed by atoms with Crippen LogP contribution in [0.5, 0.6) is 0 Å². The summed E-state index contributed by atoms with van der Waals surface area (Å²) in [5.74, 6) is 0. The van der Waals surface area contributed by atoms with Gasteiger partial charge in [0.05, 0.1) is 6.67 Å². The summed E-state index contributed by atoms with van der Waals surface area (Å²) in [5, 5.41) is 0.763. The van der Waals surface area contributed by atoms with Gasteiger partial charge in [-0.3, -0.25) is 9.88 Å². The van der Waals surface area contributed by atoms with Crippen molar-refractivity contribution in [2.75, 3.05) is 24.4 Å². The highest BCUT2D eigenvalue weighted by Crippen LogP contribution is 2.48. The van der Waals surface area contributed by atoms with E-state index in [1.165, 1.54) is 40.1 Å². The normalized spacial score (nSPS) is 17.8. The molecule has 0 N–H and O–H groups in total. The van der Waals surface area contributed by atoms with E-state index >= 15 is 0 Å². The molecule has 2 fully saturated rings. The van der Waals surface area contributed by atoms with Crippen LogP contribution in [0.4, 0.5) is 5.69 Å². The van der Waals surface area contributed by atoms with Crippen LogP contribution < -0.4 is 4.90 Å². The van der Waals surface area contributed by atoms with Crippen LogP contribution in [0.15, 0.2) is 71.9 Å². The number of hydrogen-bond donors (Lipinski definition) is 0. The highest BCUT2D eigenvalue weighted by Gasteiger charge is 2.53. The number of benzene rings is 2. The van der Waals surface area contributed by atoms with Crippen LogP contribution in [0, 0.1) is 0 Å². The van der Waals surface area contributed by atoms with E-state index < -0.39 is 0 Å². The Morgan fingerprint density at radius 1 is 1.03 bits per heavy atom. The average molecular weight is 422 g/mol. The first-order chi connectivity index (χ1) is 14.2. The van der Waals surface area contributed by atoms with Crippen molar-refractivity contribution in [3.8, 4) is 11.1 Å². The molecule has 0 radical (unpaired) electrons. The molecule has 1 saturated carbocycles. The van der Waals surface area contributed by atoms with Gasteiger partial charge < -0.3 is 4.90 Å². The van der Waals surface area contributed by atoms with Gasteiger partial charge in [0.1, 0.15) is 0 Å². The molecule has 1 aliphatic carbocycles. The van der Waals surface area contributed by atoms with Gasteiger partial charge in [-0.1, -0.05) is 23.7 Å². The van der Waals surface area contributed by atoms with Crippen molar-refractivity contribution in [2.24, 2.45) is 0 Å². The van der Waals surface area contributed by atoms with Gasteiger partial charge in [-0.2, -0.15) is 0 Å². The number of hydrogen-bond acceptors (Lipinski definition) is 4. The molecule has 2 heterocycles. The Kier molecular flexibility index (Phi) is 5.02. The van der Waals surface area contributed by atoms with Gasteiger partial charge in [0, 0.05) is 52.2 Å². The van der Waals surface area contributed by atoms with E-state index in [-0.39, 0.29) is 0 Å². The van der Waals surface area contributed by atoms with E-state index in [4.69, 9.17) is 11.6 Å². The van der Waals surface area contributed by atoms with Gasteiger partial charge in [-0.25, -0.2) is 0 Å². The van der Waals surface area contributed by atoms with E-state index in [2.05, 4.69) is 63.5 Å². The summed E-state index contributed by atoms with van der Waals surface area (Å²) in [6.45, 7) is 3.04. The van der Waals surface area contributed by atoms with Crippen LogP contribution in [0.1, 0.15) is 18.4 Å². The lowest BCUT2D eigenvalue weighted by Crippen LogP contribution is -2.32. The Morgan fingerprint density at radius 3 is 2.48 bits per heavy atom. The lowest BCUT2D eigenvalue weighted by atomic mass is 10.0. The lowest BCUT2D eigenvalue weighted by molar-refractivity contribution is 0.234. The van der Waals surface area contributed by atoms with Gasteiger partial charge in [0.2, 0.25) is 0 Å². The summed E-state index contributed by atoms with van der Waals surface area (Å²) >= 11 is 7.88. The third-order valence-electron chi connectivity index (χ3n) is 6.19. The maximum absolute atomic E-state index is 6.08. The van der Waals surface area contributed by atoms with Crippen LogP contribution in [0.3, 0.4) is 0 Å². The summed E-state index contributed by atoms with van der Waals surface area (Å²) in [5.41, 5.74) is 5.35. The minimum Gasteiger partial charge on any atom is -0.357 e. The molecular weight excluding hydrogens is 398 g/mol. The van der Waals surface area contributed by atoms with Crippen molar-refractivity contribution < 1.29 is 0 Å². The summed E-state index contributed by atoms with van der Waals surface area (Å²) < 4.78 is 0. The number of nitrogens with zero attached hydrogens (tertiary/aromatic N) is 3. The minimum absolute atomic E-state index is 0.332. The fourth-order valence-electron chi connectivity index (χ4n) is 4.32. The van der Waals surface area contributed by atoms with Crippen LogP contribution >= 0.6 is 23.4 Å². The fraction of sp³-hybridized carbons (Fsp3) is 0.292. The highest BCUT2D eigenvalue weighted by atomic mass is 35.5. The maximum Gasteiger partial charge on any atom is 0.0716 e. The molecule has 0 unspecified atom stereocenters. The number of rotatable bonds is 5. The summed E-state index contributed by atoms with van der Waals surface area (Å²) in [4.78, 5) is 10.9. The maximum atomic E-state index is 6.08. The first kappa shape index (κ1) is 19.0. The van der Waals surface area contributed by atoms with Crippen molar-refractivity contribution in [3.63, 3.8) is 0 Å². The second-order valence-corrected chi connectivity index (χ2v) is 9.32. The molecule has 1 aromatic heterocycles. The molecule has 1 spiro atoms. The first-order valence-corrected chi connectivity index (χ1v) is 11.6. The molecule has 2 aromatic carbocycles. The van der Waals surface area contributed by atoms with Gasteiger partial charge >= 0.3 is 0 Å². The Balaban J connectivity index is 1.39. The van der Waals surface area contributed by atoms with Crippen LogP contribution in [-0.2, 0) is 6.54 Å². The van der Waals surface area contributed by atoms with Gasteiger partial charge in [0.15, 0.2) is 0 Å². The van der Waals surface area contributed by atoms with Crippen LogP contribution in [-0.4, -0.2) is 34.9 Å².